The van der Waals surface area contributed by atoms with Gasteiger partial charge in [0.2, 0.25) is 10.9 Å². The number of nitrogens with one attached hydrogen (secondary N) is 1. The third kappa shape index (κ3) is 8.97. The van der Waals surface area contributed by atoms with Gasteiger partial charge in [-0.2, -0.15) is 0 Å². The lowest BCUT2D eigenvalue weighted by Crippen LogP contribution is -2.49. The second-order valence-corrected chi connectivity index (χ2v) is 18.7. The summed E-state index contributed by atoms with van der Waals surface area (Å²) < 4.78 is 30.5. The Balaban J connectivity index is 1.47. The van der Waals surface area contributed by atoms with E-state index in [-0.39, 0.29) is 60.8 Å². The standard InChI is InChI=1S/C50H62N4O13/c1-23(2)53-16-18-54(19-17-53)31-21-32(56)38-34(22-31)66-47-39(51-38)35-36-43(59)29(8)46-37(35)48(61)50(10,67-46)64-20-15-33(63-11)26(5)45(65-30(9)55)28(7)42(58)27(6)41(57)24(3)13-12-14-25(4)49(62)52-40(47)44(36)60/h12-15,20-24,26-28,33,41-42,45,57-59,61H,16-19H2,1-11H3,(H,52,62)/b13-12-,20-15?,25-14-/t24-,26-,27+,28-,33-,41-,42+,45+,50-/m0/s1. The van der Waals surface area contributed by atoms with Crippen LogP contribution in [0, 0.1) is 30.6 Å². The van der Waals surface area contributed by atoms with Crippen molar-refractivity contribution in [3.05, 3.63) is 79.5 Å². The third-order valence-corrected chi connectivity index (χ3v) is 13.8. The number of amides is 1. The first-order valence-corrected chi connectivity index (χ1v) is 22.7. The minimum Gasteiger partial charge on any atom is -0.507 e. The Morgan fingerprint density at radius 2 is 1.63 bits per heavy atom. The van der Waals surface area contributed by atoms with Crippen LogP contribution in [0.2, 0.25) is 0 Å². The number of fused-ring (bicyclic) bond motifs is 2. The van der Waals surface area contributed by atoms with E-state index in [4.69, 9.17) is 28.3 Å². The quantitative estimate of drug-likeness (QED) is 0.102. The van der Waals surface area contributed by atoms with Gasteiger partial charge in [-0.1, -0.05) is 45.9 Å². The summed E-state index contributed by atoms with van der Waals surface area (Å²) in [5.41, 5.74) is -1.37. The summed E-state index contributed by atoms with van der Waals surface area (Å²) in [7, 11) is 1.44. The van der Waals surface area contributed by atoms with Crippen molar-refractivity contribution in [2.24, 2.45) is 23.7 Å². The number of phenols is 1. The molecule has 17 nitrogen and oxygen atoms in total. The zero-order valence-corrected chi connectivity index (χ0v) is 39.9. The van der Waals surface area contributed by atoms with Crippen LogP contribution >= 0.6 is 0 Å². The number of aromatic nitrogens is 1. The molecule has 67 heavy (non-hydrogen) atoms. The predicted molar refractivity (Wildman–Crippen MR) is 254 cm³/mol. The van der Waals surface area contributed by atoms with Crippen LogP contribution in [0.4, 0.5) is 11.4 Å². The predicted octanol–water partition coefficient (Wildman–Crippen LogP) is 5.09. The number of hydrogen-bond donors (Lipinski definition) is 5. The second kappa shape index (κ2) is 18.9. The maximum absolute atomic E-state index is 14.9. The number of aliphatic hydroxyl groups is 3. The molecule has 3 aliphatic rings. The fourth-order valence-corrected chi connectivity index (χ4v) is 9.56. The average Bonchev–Trinajstić information content (AvgIpc) is 3.56. The first-order chi connectivity index (χ1) is 31.6. The number of hydrogen-bond acceptors (Lipinski definition) is 16. The zero-order valence-electron chi connectivity index (χ0n) is 39.9. The summed E-state index contributed by atoms with van der Waals surface area (Å²) in [5.74, 6) is -6.93. The Hall–Kier alpha value is -6.01. The Bertz CT molecular complexity index is 2880. The van der Waals surface area contributed by atoms with Gasteiger partial charge in [-0.15, -0.1) is 0 Å². The molecular formula is C50H62N4O13. The number of anilines is 2. The molecule has 7 rings (SSSR count). The van der Waals surface area contributed by atoms with Crippen molar-refractivity contribution in [2.45, 2.75) is 105 Å². The molecule has 4 heterocycles. The number of carbonyl (C=O) groups is 2. The van der Waals surface area contributed by atoms with Gasteiger partial charge in [-0.05, 0) is 33.8 Å². The molecule has 1 saturated heterocycles. The Labute approximate surface area is 387 Å². The molecule has 1 amide bonds. The molecule has 3 aliphatic heterocycles. The molecule has 5 N–H and O–H groups in total. The summed E-state index contributed by atoms with van der Waals surface area (Å²) in [4.78, 5) is 64.5. The van der Waals surface area contributed by atoms with Gasteiger partial charge in [0.1, 0.15) is 28.8 Å². The van der Waals surface area contributed by atoms with Crippen molar-refractivity contribution in [1.82, 2.24) is 9.88 Å². The molecule has 9 atom stereocenters. The summed E-state index contributed by atoms with van der Waals surface area (Å²) in [6, 6.07) is 3.50. The number of aliphatic hydroxyl groups excluding tert-OH is 3. The molecule has 0 aliphatic carbocycles. The van der Waals surface area contributed by atoms with Gasteiger partial charge in [0.25, 0.3) is 5.91 Å². The number of benzene rings is 3. The SMILES string of the molecule is CO[C@H]1C=CO[C@@]2(C)Oc3c(C)c(O)c4c(=O)c(c5oc6cc(N7CCN(C(C)C)CC7)cc(=O)c6nc5c4c3=C2O)NC(=O)/C(C)=C\C=C/[C@H](C)[C@H](O)[C@@H](C)[C@@H](O)[C@H](C)[C@H](OC(C)=O)[C@H]1C. The molecular weight excluding hydrogens is 865 g/mol. The maximum Gasteiger partial charge on any atom is 0.307 e. The van der Waals surface area contributed by atoms with Gasteiger partial charge in [0.15, 0.2) is 22.4 Å². The van der Waals surface area contributed by atoms with E-state index in [1.807, 2.05) is 0 Å². The van der Waals surface area contributed by atoms with E-state index < -0.39 is 88.1 Å². The number of esters is 1. The van der Waals surface area contributed by atoms with Crippen LogP contribution < -0.4 is 31.0 Å². The highest BCUT2D eigenvalue weighted by molar-refractivity contribution is 6.16. The van der Waals surface area contributed by atoms with Crippen molar-refractivity contribution in [3.8, 4) is 11.5 Å². The van der Waals surface area contributed by atoms with E-state index in [2.05, 4.69) is 29.0 Å². The molecule has 1 aromatic heterocycles. The van der Waals surface area contributed by atoms with Gasteiger partial charge in [-0.3, -0.25) is 24.1 Å². The summed E-state index contributed by atoms with van der Waals surface area (Å²) in [6.45, 7) is 19.7. The summed E-state index contributed by atoms with van der Waals surface area (Å²) >= 11 is 0. The Morgan fingerprint density at radius 3 is 2.27 bits per heavy atom. The number of ether oxygens (including phenoxy) is 4. The number of carbonyl (C=O) groups excluding carboxylic acids is 2. The molecule has 0 saturated carbocycles. The van der Waals surface area contributed by atoms with E-state index >= 15 is 0 Å². The molecule has 4 aromatic rings. The lowest BCUT2D eigenvalue weighted by molar-refractivity contribution is -0.160. The van der Waals surface area contributed by atoms with Crippen molar-refractivity contribution < 1.29 is 53.4 Å². The number of methoxy groups -OCH3 is 1. The van der Waals surface area contributed by atoms with Crippen LogP contribution in [0.15, 0.2) is 62.3 Å². The van der Waals surface area contributed by atoms with Crippen LogP contribution in [0.5, 0.6) is 11.5 Å². The van der Waals surface area contributed by atoms with Crippen molar-refractivity contribution in [3.63, 3.8) is 0 Å². The van der Waals surface area contributed by atoms with Gasteiger partial charge in [-0.25, -0.2) is 4.98 Å². The third-order valence-electron chi connectivity index (χ3n) is 13.8. The molecule has 17 heteroatoms. The normalized spacial score (nSPS) is 29.3. The first-order valence-electron chi connectivity index (χ1n) is 22.7. The maximum atomic E-state index is 14.9. The zero-order chi connectivity index (χ0) is 49.0. The van der Waals surface area contributed by atoms with Crippen molar-refractivity contribution in [1.29, 1.82) is 0 Å². The van der Waals surface area contributed by atoms with Gasteiger partial charge < -0.3 is 54.0 Å². The molecule has 0 unspecified atom stereocenters. The Kier molecular flexibility index (Phi) is 13.8. The summed E-state index contributed by atoms with van der Waals surface area (Å²) in [6.07, 6.45) is 3.56. The van der Waals surface area contributed by atoms with E-state index in [9.17, 15) is 39.6 Å². The van der Waals surface area contributed by atoms with E-state index in [0.717, 1.165) is 13.1 Å². The van der Waals surface area contributed by atoms with E-state index in [1.165, 1.54) is 59.3 Å². The lowest BCUT2D eigenvalue weighted by Gasteiger charge is -2.38. The largest absolute Gasteiger partial charge is 0.507 e. The Morgan fingerprint density at radius 1 is 0.940 bits per heavy atom. The highest BCUT2D eigenvalue weighted by Crippen LogP contribution is 2.42. The molecule has 0 spiro atoms. The fraction of sp³-hybridized carbons (Fsp3) is 0.500. The minimum atomic E-state index is -1.98. The minimum absolute atomic E-state index is 0.0359. The van der Waals surface area contributed by atoms with E-state index in [1.54, 1.807) is 45.9 Å². The fourth-order valence-electron chi connectivity index (χ4n) is 9.56. The molecule has 3 aromatic carbocycles. The van der Waals surface area contributed by atoms with E-state index in [0.29, 0.717) is 24.8 Å². The van der Waals surface area contributed by atoms with Crippen molar-refractivity contribution >= 4 is 62.0 Å². The average molecular weight is 927 g/mol. The lowest BCUT2D eigenvalue weighted by atomic mass is 9.78. The van der Waals surface area contributed by atoms with Crippen LogP contribution in [0.1, 0.15) is 67.9 Å². The van der Waals surface area contributed by atoms with Crippen LogP contribution in [-0.2, 0) is 23.8 Å². The second-order valence-electron chi connectivity index (χ2n) is 18.7. The molecule has 1 fully saturated rings. The van der Waals surface area contributed by atoms with Gasteiger partial charge in [0.05, 0.1) is 35.2 Å². The molecule has 4 bridgehead atoms. The topological polar surface area (TPSA) is 231 Å². The van der Waals surface area contributed by atoms with Gasteiger partial charge in [0, 0.05) is 111 Å². The monoisotopic (exact) mass is 926 g/mol. The molecule has 360 valence electrons. The molecule has 0 radical (unpaired) electrons. The highest BCUT2D eigenvalue weighted by atomic mass is 16.7. The van der Waals surface area contributed by atoms with Crippen LogP contribution in [-0.4, -0.2) is 112 Å². The number of piperazine rings is 1. The van der Waals surface area contributed by atoms with Gasteiger partial charge >= 0.3 is 11.8 Å². The number of phenolic OH excluding ortho intramolecular Hbond substituents is 1. The number of allylic oxidation sites excluding steroid dienone is 2. The number of rotatable bonds is 4. The van der Waals surface area contributed by atoms with Crippen LogP contribution in [0.3, 0.4) is 0 Å². The smallest absolute Gasteiger partial charge is 0.307 e. The summed E-state index contributed by atoms with van der Waals surface area (Å²) in [5, 5.41) is 49.3. The van der Waals surface area contributed by atoms with Crippen LogP contribution in [0.25, 0.3) is 38.7 Å². The van der Waals surface area contributed by atoms with Crippen molar-refractivity contribution in [2.75, 3.05) is 43.5 Å². The first kappa shape index (κ1) is 48.9. The number of nitrogens with zero attached hydrogens (tertiary/aromatic N) is 3. The number of aromatic hydroxyl groups is 1. The highest BCUT2D eigenvalue weighted by Gasteiger charge is 2.44.